The molecule has 6 heteroatoms. The maximum atomic E-state index is 11.8. The molecule has 0 unspecified atom stereocenters. The number of halogens is 2. The van der Waals surface area contributed by atoms with Gasteiger partial charge in [-0.15, -0.1) is 0 Å². The van der Waals surface area contributed by atoms with Crippen LogP contribution in [0.25, 0.3) is 0 Å². The average Bonchev–Trinajstić information content (AvgIpc) is 2.42. The molecule has 2 N–H and O–H groups in total. The molecule has 1 aromatic carbocycles. The Hall–Kier alpha value is -1.78. The number of benzene rings is 1. The molecule has 0 bridgehead atoms. The minimum absolute atomic E-state index is 0.350. The summed E-state index contributed by atoms with van der Waals surface area (Å²) in [6.07, 6.45) is 1.71. The monoisotopic (exact) mass is 309 g/mol. The number of rotatable bonds is 3. The number of carbonyl (C=O) groups excluding carboxylic acids is 1. The van der Waals surface area contributed by atoms with Gasteiger partial charge in [0.05, 0.1) is 10.7 Å². The molecule has 2 rings (SSSR count). The van der Waals surface area contributed by atoms with Gasteiger partial charge in [0, 0.05) is 23.5 Å². The van der Waals surface area contributed by atoms with Crippen LogP contribution in [0.3, 0.4) is 0 Å². The molecular formula is C14H13Cl2N3O. The molecule has 0 saturated heterocycles. The van der Waals surface area contributed by atoms with Crippen LogP contribution in [0.15, 0.2) is 36.5 Å². The van der Waals surface area contributed by atoms with Crippen LogP contribution in [0.4, 0.5) is 10.5 Å². The summed E-state index contributed by atoms with van der Waals surface area (Å²) in [5.74, 6) is 0. The van der Waals surface area contributed by atoms with E-state index in [1.54, 1.807) is 24.4 Å². The third kappa shape index (κ3) is 3.85. The normalized spacial score (nSPS) is 10.2. The van der Waals surface area contributed by atoms with E-state index in [0.29, 0.717) is 22.3 Å². The van der Waals surface area contributed by atoms with Crippen molar-refractivity contribution < 1.29 is 4.79 Å². The van der Waals surface area contributed by atoms with Crippen molar-refractivity contribution in [1.29, 1.82) is 0 Å². The van der Waals surface area contributed by atoms with Crippen molar-refractivity contribution in [2.24, 2.45) is 0 Å². The van der Waals surface area contributed by atoms with Gasteiger partial charge in [0.15, 0.2) is 0 Å². The second kappa shape index (κ2) is 6.59. The second-order valence-corrected chi connectivity index (χ2v) is 5.02. The summed E-state index contributed by atoms with van der Waals surface area (Å²) in [6, 6.07) is 8.28. The van der Waals surface area contributed by atoms with Crippen LogP contribution in [0.2, 0.25) is 10.0 Å². The van der Waals surface area contributed by atoms with Gasteiger partial charge in [0.1, 0.15) is 0 Å². The number of hydrogen-bond donors (Lipinski definition) is 2. The Morgan fingerprint density at radius 3 is 2.85 bits per heavy atom. The quantitative estimate of drug-likeness (QED) is 0.899. The number of pyridine rings is 1. The van der Waals surface area contributed by atoms with Gasteiger partial charge < -0.3 is 10.6 Å². The third-order valence-corrected chi connectivity index (χ3v) is 3.30. The van der Waals surface area contributed by atoms with Crippen molar-refractivity contribution in [1.82, 2.24) is 10.3 Å². The third-order valence-electron chi connectivity index (χ3n) is 2.73. The Morgan fingerprint density at radius 1 is 1.30 bits per heavy atom. The van der Waals surface area contributed by atoms with E-state index in [1.807, 2.05) is 19.1 Å². The van der Waals surface area contributed by atoms with E-state index in [2.05, 4.69) is 15.6 Å². The number of urea groups is 1. The van der Waals surface area contributed by atoms with Gasteiger partial charge in [-0.05, 0) is 36.8 Å². The lowest BCUT2D eigenvalue weighted by Crippen LogP contribution is -2.28. The topological polar surface area (TPSA) is 54.0 Å². The largest absolute Gasteiger partial charge is 0.334 e. The fraction of sp³-hybridized carbons (Fsp3) is 0.143. The first-order valence-electron chi connectivity index (χ1n) is 5.96. The number of aryl methyl sites for hydroxylation is 1. The predicted octanol–water partition coefficient (Wildman–Crippen LogP) is 4.02. The van der Waals surface area contributed by atoms with Crippen molar-refractivity contribution in [3.05, 3.63) is 57.8 Å². The molecule has 2 aromatic rings. The first kappa shape index (κ1) is 14.6. The molecule has 104 valence electrons. The number of nitrogens with zero attached hydrogens (tertiary/aromatic N) is 1. The molecule has 0 spiro atoms. The molecule has 0 radical (unpaired) electrons. The maximum absolute atomic E-state index is 11.8. The average molecular weight is 310 g/mol. The van der Waals surface area contributed by atoms with Gasteiger partial charge >= 0.3 is 6.03 Å². The number of amides is 2. The molecule has 4 nitrogen and oxygen atoms in total. The number of nitrogens with one attached hydrogen (secondary N) is 2. The molecule has 2 amide bonds. The van der Waals surface area contributed by atoms with Crippen LogP contribution in [0, 0.1) is 6.92 Å². The Kier molecular flexibility index (Phi) is 4.82. The van der Waals surface area contributed by atoms with Crippen LogP contribution in [-0.4, -0.2) is 11.0 Å². The summed E-state index contributed by atoms with van der Waals surface area (Å²) >= 11 is 11.8. The van der Waals surface area contributed by atoms with Crippen molar-refractivity contribution >= 4 is 34.9 Å². The van der Waals surface area contributed by atoms with Gasteiger partial charge in [-0.3, -0.25) is 4.98 Å². The first-order valence-corrected chi connectivity index (χ1v) is 6.72. The van der Waals surface area contributed by atoms with Gasteiger partial charge in [-0.1, -0.05) is 29.3 Å². The summed E-state index contributed by atoms with van der Waals surface area (Å²) in [5, 5.41) is 6.34. The molecule has 0 saturated carbocycles. The van der Waals surface area contributed by atoms with Crippen LogP contribution >= 0.6 is 23.2 Å². The molecule has 0 aliphatic carbocycles. The van der Waals surface area contributed by atoms with E-state index < -0.39 is 0 Å². The molecule has 20 heavy (non-hydrogen) atoms. The highest BCUT2D eigenvalue weighted by Crippen LogP contribution is 2.25. The summed E-state index contributed by atoms with van der Waals surface area (Å²) in [6.45, 7) is 2.28. The summed E-state index contributed by atoms with van der Waals surface area (Å²) < 4.78 is 0. The predicted molar refractivity (Wildman–Crippen MR) is 81.3 cm³/mol. The van der Waals surface area contributed by atoms with Gasteiger partial charge in [0.25, 0.3) is 0 Å². The highest BCUT2D eigenvalue weighted by Gasteiger charge is 2.07. The van der Waals surface area contributed by atoms with E-state index in [9.17, 15) is 4.79 Å². The molecule has 0 aliphatic rings. The molecule has 0 aliphatic heterocycles. The summed E-state index contributed by atoms with van der Waals surface area (Å²) in [7, 11) is 0. The zero-order valence-corrected chi connectivity index (χ0v) is 12.3. The summed E-state index contributed by atoms with van der Waals surface area (Å²) in [4.78, 5) is 16.0. The van der Waals surface area contributed by atoms with E-state index >= 15 is 0 Å². The first-order chi connectivity index (χ1) is 9.56. The lowest BCUT2D eigenvalue weighted by Gasteiger charge is -2.10. The van der Waals surface area contributed by atoms with Gasteiger partial charge in [-0.25, -0.2) is 4.79 Å². The molecule has 0 atom stereocenters. The zero-order valence-electron chi connectivity index (χ0n) is 10.8. The van der Waals surface area contributed by atoms with Crippen LogP contribution in [-0.2, 0) is 6.54 Å². The van der Waals surface area contributed by atoms with Crippen molar-refractivity contribution in [2.75, 3.05) is 5.32 Å². The Labute approximate surface area is 127 Å². The summed E-state index contributed by atoms with van der Waals surface area (Å²) in [5.41, 5.74) is 2.31. The van der Waals surface area contributed by atoms with Crippen molar-refractivity contribution in [3.8, 4) is 0 Å². The zero-order chi connectivity index (χ0) is 14.5. The molecule has 0 fully saturated rings. The maximum Gasteiger partial charge on any atom is 0.319 e. The Balaban J connectivity index is 1.96. The van der Waals surface area contributed by atoms with E-state index in [0.717, 1.165) is 11.3 Å². The van der Waals surface area contributed by atoms with E-state index in [-0.39, 0.29) is 6.03 Å². The highest BCUT2D eigenvalue weighted by molar-refractivity contribution is 6.35. The van der Waals surface area contributed by atoms with Crippen LogP contribution < -0.4 is 10.6 Å². The Morgan fingerprint density at radius 2 is 2.10 bits per heavy atom. The number of hydrogen-bond acceptors (Lipinski definition) is 2. The number of carbonyl (C=O) groups is 1. The smallest absolute Gasteiger partial charge is 0.319 e. The van der Waals surface area contributed by atoms with E-state index in [1.165, 1.54) is 0 Å². The Bertz CT molecular complexity index is 632. The SMILES string of the molecule is Cc1ncccc1CNC(=O)Nc1cc(Cl)ccc1Cl. The highest BCUT2D eigenvalue weighted by atomic mass is 35.5. The molecule has 1 aromatic heterocycles. The fourth-order valence-corrected chi connectivity index (χ4v) is 1.98. The van der Waals surface area contributed by atoms with Crippen LogP contribution in [0.5, 0.6) is 0 Å². The fourth-order valence-electron chi connectivity index (χ4n) is 1.64. The number of anilines is 1. The van der Waals surface area contributed by atoms with Crippen molar-refractivity contribution in [3.63, 3.8) is 0 Å². The lowest BCUT2D eigenvalue weighted by molar-refractivity contribution is 0.251. The van der Waals surface area contributed by atoms with Gasteiger partial charge in [-0.2, -0.15) is 0 Å². The molecular weight excluding hydrogens is 297 g/mol. The minimum Gasteiger partial charge on any atom is -0.334 e. The molecule has 1 heterocycles. The van der Waals surface area contributed by atoms with E-state index in [4.69, 9.17) is 23.2 Å². The number of aromatic nitrogens is 1. The lowest BCUT2D eigenvalue weighted by atomic mass is 10.2. The van der Waals surface area contributed by atoms with Crippen molar-refractivity contribution in [2.45, 2.75) is 13.5 Å². The van der Waals surface area contributed by atoms with Crippen LogP contribution in [0.1, 0.15) is 11.3 Å². The van der Waals surface area contributed by atoms with Gasteiger partial charge in [0.2, 0.25) is 0 Å². The standard InChI is InChI=1S/C14H13Cl2N3O/c1-9-10(3-2-6-17-9)8-18-14(20)19-13-7-11(15)4-5-12(13)16/h2-7H,8H2,1H3,(H2,18,19,20). The minimum atomic E-state index is -0.350. The second-order valence-electron chi connectivity index (χ2n) is 4.18.